The van der Waals surface area contributed by atoms with E-state index in [0.29, 0.717) is 11.5 Å². The highest BCUT2D eigenvalue weighted by molar-refractivity contribution is 5.51. The quantitative estimate of drug-likeness (QED) is 0.836. The molecule has 1 aromatic rings. The van der Waals surface area contributed by atoms with E-state index in [9.17, 15) is 0 Å². The largest absolute Gasteiger partial charge is 0.370 e. The zero-order valence-electron chi connectivity index (χ0n) is 12.9. The van der Waals surface area contributed by atoms with Crippen molar-refractivity contribution in [2.45, 2.75) is 53.1 Å². The second kappa shape index (κ2) is 5.96. The average molecular weight is 260 g/mol. The summed E-state index contributed by atoms with van der Waals surface area (Å²) < 4.78 is 0. The third kappa shape index (κ3) is 3.30. The zero-order valence-corrected chi connectivity index (χ0v) is 12.9. The van der Waals surface area contributed by atoms with Crippen LogP contribution in [0.25, 0.3) is 0 Å². The SMILES string of the molecule is CCC1(CC)CN(c2cccc(CNC(C)C)c2)C1. The number of nitrogens with zero attached hydrogens (tertiary/aromatic N) is 1. The molecule has 1 aliphatic rings. The molecule has 0 aromatic heterocycles. The molecule has 2 heteroatoms. The molecular formula is C17H28N2. The first kappa shape index (κ1) is 14.4. The van der Waals surface area contributed by atoms with Gasteiger partial charge < -0.3 is 10.2 Å². The van der Waals surface area contributed by atoms with E-state index in [1.807, 2.05) is 0 Å². The number of benzene rings is 1. The molecule has 0 spiro atoms. The van der Waals surface area contributed by atoms with Crippen LogP contribution in [0.5, 0.6) is 0 Å². The summed E-state index contributed by atoms with van der Waals surface area (Å²) in [7, 11) is 0. The van der Waals surface area contributed by atoms with Crippen molar-refractivity contribution in [2.75, 3.05) is 18.0 Å². The van der Waals surface area contributed by atoms with E-state index in [1.165, 1.54) is 37.2 Å². The van der Waals surface area contributed by atoms with Crippen LogP contribution >= 0.6 is 0 Å². The predicted octanol–water partition coefficient (Wildman–Crippen LogP) is 3.81. The smallest absolute Gasteiger partial charge is 0.0369 e. The Kier molecular flexibility index (Phi) is 4.51. The first-order valence-corrected chi connectivity index (χ1v) is 7.66. The van der Waals surface area contributed by atoms with E-state index in [1.54, 1.807) is 0 Å². The van der Waals surface area contributed by atoms with Gasteiger partial charge in [0.25, 0.3) is 0 Å². The van der Waals surface area contributed by atoms with Gasteiger partial charge in [0.15, 0.2) is 0 Å². The van der Waals surface area contributed by atoms with Gasteiger partial charge in [0, 0.05) is 36.8 Å². The van der Waals surface area contributed by atoms with Gasteiger partial charge in [-0.15, -0.1) is 0 Å². The molecule has 0 aliphatic carbocycles. The summed E-state index contributed by atoms with van der Waals surface area (Å²) in [4.78, 5) is 2.52. The minimum absolute atomic E-state index is 0.542. The van der Waals surface area contributed by atoms with E-state index >= 15 is 0 Å². The fourth-order valence-electron chi connectivity index (χ4n) is 2.83. The van der Waals surface area contributed by atoms with Crippen LogP contribution in [-0.4, -0.2) is 19.1 Å². The van der Waals surface area contributed by atoms with Gasteiger partial charge in [0.1, 0.15) is 0 Å². The van der Waals surface area contributed by atoms with Crippen molar-refractivity contribution in [3.63, 3.8) is 0 Å². The Morgan fingerprint density at radius 2 is 1.89 bits per heavy atom. The van der Waals surface area contributed by atoms with Gasteiger partial charge in [0.05, 0.1) is 0 Å². The maximum absolute atomic E-state index is 3.48. The summed E-state index contributed by atoms with van der Waals surface area (Å²) in [5.41, 5.74) is 3.35. The van der Waals surface area contributed by atoms with Crippen LogP contribution in [0.3, 0.4) is 0 Å². The van der Waals surface area contributed by atoms with Gasteiger partial charge in [-0.3, -0.25) is 0 Å². The van der Waals surface area contributed by atoms with Crippen molar-refractivity contribution in [1.29, 1.82) is 0 Å². The van der Waals surface area contributed by atoms with Crippen LogP contribution in [-0.2, 0) is 6.54 Å². The van der Waals surface area contributed by atoms with Crippen molar-refractivity contribution in [2.24, 2.45) is 5.41 Å². The number of hydrogen-bond acceptors (Lipinski definition) is 2. The van der Waals surface area contributed by atoms with E-state index in [0.717, 1.165) is 6.54 Å². The van der Waals surface area contributed by atoms with Gasteiger partial charge >= 0.3 is 0 Å². The molecule has 0 radical (unpaired) electrons. The lowest BCUT2D eigenvalue weighted by atomic mass is 9.75. The van der Waals surface area contributed by atoms with Crippen molar-refractivity contribution in [3.05, 3.63) is 29.8 Å². The van der Waals surface area contributed by atoms with Crippen molar-refractivity contribution in [1.82, 2.24) is 5.32 Å². The average Bonchev–Trinajstić information content (AvgIpc) is 2.37. The Hall–Kier alpha value is -1.02. The standard InChI is InChI=1S/C17H28N2/c1-5-17(6-2)12-19(13-17)16-9-7-8-15(10-16)11-18-14(3)4/h7-10,14,18H,5-6,11-13H2,1-4H3. The topological polar surface area (TPSA) is 15.3 Å². The third-order valence-corrected chi connectivity index (χ3v) is 4.54. The van der Waals surface area contributed by atoms with Crippen LogP contribution in [0, 0.1) is 5.41 Å². The fraction of sp³-hybridized carbons (Fsp3) is 0.647. The minimum atomic E-state index is 0.542. The molecule has 0 saturated carbocycles. The molecule has 1 N–H and O–H groups in total. The van der Waals surface area contributed by atoms with Crippen LogP contribution in [0.1, 0.15) is 46.1 Å². The highest BCUT2D eigenvalue weighted by Crippen LogP contribution is 2.39. The van der Waals surface area contributed by atoms with Gasteiger partial charge in [0.2, 0.25) is 0 Å². The van der Waals surface area contributed by atoms with Crippen LogP contribution in [0.15, 0.2) is 24.3 Å². The number of nitrogens with one attached hydrogen (secondary N) is 1. The Bertz CT molecular complexity index is 399. The van der Waals surface area contributed by atoms with Crippen molar-refractivity contribution in [3.8, 4) is 0 Å². The molecule has 0 amide bonds. The molecule has 1 aromatic carbocycles. The lowest BCUT2D eigenvalue weighted by Crippen LogP contribution is -2.55. The van der Waals surface area contributed by atoms with Crippen LogP contribution in [0.2, 0.25) is 0 Å². The number of rotatable bonds is 6. The molecule has 0 bridgehead atoms. The minimum Gasteiger partial charge on any atom is -0.370 e. The summed E-state index contributed by atoms with van der Waals surface area (Å²) >= 11 is 0. The highest BCUT2D eigenvalue weighted by Gasteiger charge is 2.39. The Morgan fingerprint density at radius 1 is 1.21 bits per heavy atom. The molecule has 2 nitrogen and oxygen atoms in total. The third-order valence-electron chi connectivity index (χ3n) is 4.54. The van der Waals surface area contributed by atoms with E-state index in [4.69, 9.17) is 0 Å². The highest BCUT2D eigenvalue weighted by atomic mass is 15.2. The summed E-state index contributed by atoms with van der Waals surface area (Å²) in [6.07, 6.45) is 2.60. The van der Waals surface area contributed by atoms with Crippen LogP contribution < -0.4 is 10.2 Å². The van der Waals surface area contributed by atoms with Crippen molar-refractivity contribution < 1.29 is 0 Å². The molecule has 1 aliphatic heterocycles. The molecule has 1 saturated heterocycles. The normalized spacial score (nSPS) is 17.6. The molecule has 0 atom stereocenters. The lowest BCUT2D eigenvalue weighted by Gasteiger charge is -2.51. The molecule has 19 heavy (non-hydrogen) atoms. The fourth-order valence-corrected chi connectivity index (χ4v) is 2.83. The molecular weight excluding hydrogens is 232 g/mol. The molecule has 106 valence electrons. The summed E-state index contributed by atoms with van der Waals surface area (Å²) in [5.74, 6) is 0. The Labute approximate surface area is 118 Å². The first-order valence-electron chi connectivity index (χ1n) is 7.66. The second-order valence-corrected chi connectivity index (χ2v) is 6.27. The van der Waals surface area contributed by atoms with Gasteiger partial charge in [-0.2, -0.15) is 0 Å². The van der Waals surface area contributed by atoms with E-state index < -0.39 is 0 Å². The molecule has 2 rings (SSSR count). The Balaban J connectivity index is 1.97. The van der Waals surface area contributed by atoms with E-state index in [-0.39, 0.29) is 0 Å². The number of anilines is 1. The van der Waals surface area contributed by atoms with Gasteiger partial charge in [-0.25, -0.2) is 0 Å². The van der Waals surface area contributed by atoms with Crippen LogP contribution in [0.4, 0.5) is 5.69 Å². The number of hydrogen-bond donors (Lipinski definition) is 1. The Morgan fingerprint density at radius 3 is 2.47 bits per heavy atom. The zero-order chi connectivity index (χ0) is 13.9. The summed E-state index contributed by atoms with van der Waals surface area (Å²) in [6.45, 7) is 12.4. The first-order chi connectivity index (χ1) is 9.08. The van der Waals surface area contributed by atoms with E-state index in [2.05, 4.69) is 62.2 Å². The molecule has 0 unspecified atom stereocenters. The lowest BCUT2D eigenvalue weighted by molar-refractivity contribution is 0.194. The maximum atomic E-state index is 3.48. The monoisotopic (exact) mass is 260 g/mol. The summed E-state index contributed by atoms with van der Waals surface area (Å²) in [5, 5.41) is 3.48. The molecule has 1 fully saturated rings. The second-order valence-electron chi connectivity index (χ2n) is 6.27. The molecule has 1 heterocycles. The van der Waals surface area contributed by atoms with Gasteiger partial charge in [-0.05, 0) is 30.5 Å². The predicted molar refractivity (Wildman–Crippen MR) is 83.6 cm³/mol. The summed E-state index contributed by atoms with van der Waals surface area (Å²) in [6, 6.07) is 9.52. The van der Waals surface area contributed by atoms with Gasteiger partial charge in [-0.1, -0.05) is 39.8 Å². The van der Waals surface area contributed by atoms with Crippen molar-refractivity contribution >= 4 is 5.69 Å². The maximum Gasteiger partial charge on any atom is 0.0369 e.